The van der Waals surface area contributed by atoms with Crippen molar-refractivity contribution in [1.29, 1.82) is 0 Å². The molecule has 0 heterocycles. The first-order valence-corrected chi connectivity index (χ1v) is 6.79. The molecule has 0 unspecified atom stereocenters. The number of hydrogen-bond donors (Lipinski definition) is 1. The predicted octanol–water partition coefficient (Wildman–Crippen LogP) is 2.61. The lowest BCUT2D eigenvalue weighted by Gasteiger charge is -2.07. The number of carbonyl (C=O) groups is 2. The smallest absolute Gasteiger partial charge is 0.325 e. The van der Waals surface area contributed by atoms with E-state index in [1.165, 1.54) is 18.2 Å². The summed E-state index contributed by atoms with van der Waals surface area (Å²) in [4.78, 5) is 23.4. The summed E-state index contributed by atoms with van der Waals surface area (Å²) in [6.07, 6.45) is 0. The summed E-state index contributed by atoms with van der Waals surface area (Å²) in [6.45, 7) is 1.66. The highest BCUT2D eigenvalue weighted by Crippen LogP contribution is 2.05. The summed E-state index contributed by atoms with van der Waals surface area (Å²) in [5.74, 6) is -1.31. The molecule has 0 saturated heterocycles. The molecule has 22 heavy (non-hydrogen) atoms. The minimum atomic E-state index is -0.579. The minimum Gasteiger partial charge on any atom is -0.460 e. The third-order valence-corrected chi connectivity index (χ3v) is 3.00. The third kappa shape index (κ3) is 4.70. The Morgan fingerprint density at radius 1 is 1.14 bits per heavy atom. The van der Waals surface area contributed by atoms with Crippen molar-refractivity contribution in [1.82, 2.24) is 5.32 Å². The van der Waals surface area contributed by atoms with E-state index in [-0.39, 0.29) is 24.9 Å². The van der Waals surface area contributed by atoms with Gasteiger partial charge in [0.05, 0.1) is 0 Å². The summed E-state index contributed by atoms with van der Waals surface area (Å²) in [7, 11) is 0. The molecular weight excluding hydrogens is 285 g/mol. The van der Waals surface area contributed by atoms with Crippen LogP contribution < -0.4 is 5.32 Å². The number of aryl methyl sites for hydroxylation is 1. The number of nitrogens with one attached hydrogen (secondary N) is 1. The molecule has 2 rings (SSSR count). The van der Waals surface area contributed by atoms with E-state index < -0.39 is 5.97 Å². The molecule has 4 nitrogen and oxygen atoms in total. The quantitative estimate of drug-likeness (QED) is 0.864. The lowest BCUT2D eigenvalue weighted by Crippen LogP contribution is -2.30. The van der Waals surface area contributed by atoms with Crippen LogP contribution in [0.5, 0.6) is 0 Å². The van der Waals surface area contributed by atoms with Crippen LogP contribution in [-0.2, 0) is 16.1 Å². The summed E-state index contributed by atoms with van der Waals surface area (Å²) < 4.78 is 17.9. The highest BCUT2D eigenvalue weighted by Gasteiger charge is 2.09. The molecule has 0 aliphatic carbocycles. The van der Waals surface area contributed by atoms with Crippen molar-refractivity contribution < 1.29 is 18.7 Å². The Kier molecular flexibility index (Phi) is 5.25. The molecule has 0 fully saturated rings. The number of carbonyl (C=O) groups excluding carboxylic acids is 2. The van der Waals surface area contributed by atoms with Crippen LogP contribution in [0.1, 0.15) is 21.5 Å². The van der Waals surface area contributed by atoms with Gasteiger partial charge in [-0.05, 0) is 36.8 Å². The Morgan fingerprint density at radius 2 is 1.86 bits per heavy atom. The van der Waals surface area contributed by atoms with Crippen molar-refractivity contribution >= 4 is 11.9 Å². The molecule has 0 aliphatic heterocycles. The van der Waals surface area contributed by atoms with Crippen LogP contribution in [0.3, 0.4) is 0 Å². The number of hydrogen-bond acceptors (Lipinski definition) is 3. The van der Waals surface area contributed by atoms with Gasteiger partial charge in [-0.1, -0.05) is 29.8 Å². The van der Waals surface area contributed by atoms with Crippen molar-refractivity contribution in [2.45, 2.75) is 13.5 Å². The number of ether oxygens (including phenoxy) is 1. The van der Waals surface area contributed by atoms with E-state index in [0.29, 0.717) is 11.1 Å². The molecule has 0 atom stereocenters. The lowest BCUT2D eigenvalue weighted by molar-refractivity contribution is -0.143. The number of benzene rings is 2. The van der Waals surface area contributed by atoms with E-state index in [4.69, 9.17) is 4.74 Å². The van der Waals surface area contributed by atoms with Gasteiger partial charge in [-0.2, -0.15) is 0 Å². The van der Waals surface area contributed by atoms with E-state index in [1.807, 2.05) is 19.1 Å². The molecule has 2 aromatic carbocycles. The van der Waals surface area contributed by atoms with Gasteiger partial charge >= 0.3 is 5.97 Å². The molecule has 1 N–H and O–H groups in total. The van der Waals surface area contributed by atoms with Gasteiger partial charge in [0.2, 0.25) is 0 Å². The molecule has 0 spiro atoms. The molecule has 1 amide bonds. The van der Waals surface area contributed by atoms with Crippen LogP contribution in [0, 0.1) is 12.7 Å². The summed E-state index contributed by atoms with van der Waals surface area (Å²) in [6, 6.07) is 12.8. The Balaban J connectivity index is 1.78. The molecule has 5 heteroatoms. The van der Waals surface area contributed by atoms with Crippen molar-refractivity contribution in [3.63, 3.8) is 0 Å². The first-order valence-electron chi connectivity index (χ1n) is 6.79. The van der Waals surface area contributed by atoms with Gasteiger partial charge in [0.15, 0.2) is 0 Å². The van der Waals surface area contributed by atoms with Gasteiger partial charge in [-0.3, -0.25) is 9.59 Å². The monoisotopic (exact) mass is 301 g/mol. The van der Waals surface area contributed by atoms with Crippen LogP contribution in [0.4, 0.5) is 4.39 Å². The van der Waals surface area contributed by atoms with Gasteiger partial charge in [0.1, 0.15) is 19.0 Å². The zero-order valence-electron chi connectivity index (χ0n) is 12.1. The second-order valence-corrected chi connectivity index (χ2v) is 4.84. The fourth-order valence-corrected chi connectivity index (χ4v) is 1.80. The van der Waals surface area contributed by atoms with Crippen molar-refractivity contribution in [2.24, 2.45) is 0 Å². The number of halogens is 1. The Labute approximate surface area is 127 Å². The molecule has 0 aromatic heterocycles. The molecular formula is C17H16FNO3. The van der Waals surface area contributed by atoms with Gasteiger partial charge in [-0.25, -0.2) is 4.39 Å². The molecule has 2 aromatic rings. The van der Waals surface area contributed by atoms with Gasteiger partial charge < -0.3 is 10.1 Å². The average Bonchev–Trinajstić information content (AvgIpc) is 2.51. The zero-order valence-corrected chi connectivity index (χ0v) is 12.1. The summed E-state index contributed by atoms with van der Waals surface area (Å²) >= 11 is 0. The first-order chi connectivity index (χ1) is 10.5. The van der Waals surface area contributed by atoms with Crippen molar-refractivity contribution in [3.05, 3.63) is 71.0 Å². The van der Waals surface area contributed by atoms with Gasteiger partial charge in [-0.15, -0.1) is 0 Å². The maximum Gasteiger partial charge on any atom is 0.325 e. The largest absolute Gasteiger partial charge is 0.460 e. The Hall–Kier alpha value is -2.69. The van der Waals surface area contributed by atoms with Crippen LogP contribution >= 0.6 is 0 Å². The highest BCUT2D eigenvalue weighted by molar-refractivity contribution is 5.95. The van der Waals surface area contributed by atoms with Gasteiger partial charge in [0, 0.05) is 5.56 Å². The normalized spacial score (nSPS) is 10.1. The first kappa shape index (κ1) is 15.7. The fraction of sp³-hybridized carbons (Fsp3) is 0.176. The lowest BCUT2D eigenvalue weighted by atomic mass is 10.1. The van der Waals surface area contributed by atoms with Crippen LogP contribution in [-0.4, -0.2) is 18.4 Å². The molecule has 0 aliphatic rings. The molecule has 0 bridgehead atoms. The number of rotatable bonds is 5. The third-order valence-electron chi connectivity index (χ3n) is 3.00. The maximum atomic E-state index is 13.0. The van der Waals surface area contributed by atoms with Crippen molar-refractivity contribution in [2.75, 3.05) is 6.54 Å². The van der Waals surface area contributed by atoms with E-state index in [9.17, 15) is 14.0 Å². The summed E-state index contributed by atoms with van der Waals surface area (Å²) in [5.41, 5.74) is 2.08. The van der Waals surface area contributed by atoms with E-state index in [1.54, 1.807) is 18.2 Å². The minimum absolute atomic E-state index is 0.0308. The van der Waals surface area contributed by atoms with E-state index in [0.717, 1.165) is 5.56 Å². The second-order valence-electron chi connectivity index (χ2n) is 4.84. The second kappa shape index (κ2) is 7.36. The van der Waals surface area contributed by atoms with Crippen LogP contribution in [0.25, 0.3) is 0 Å². The van der Waals surface area contributed by atoms with Crippen LogP contribution in [0.2, 0.25) is 0 Å². The van der Waals surface area contributed by atoms with E-state index >= 15 is 0 Å². The standard InChI is InChI=1S/C17H16FNO3/c1-12-5-7-14(8-6-12)17(21)19-10-16(20)22-11-13-3-2-4-15(18)9-13/h2-9H,10-11H2,1H3,(H,19,21). The van der Waals surface area contributed by atoms with Crippen LogP contribution in [0.15, 0.2) is 48.5 Å². The Bertz CT molecular complexity index is 668. The molecule has 0 radical (unpaired) electrons. The number of esters is 1. The van der Waals surface area contributed by atoms with E-state index in [2.05, 4.69) is 5.32 Å². The topological polar surface area (TPSA) is 55.4 Å². The fourth-order valence-electron chi connectivity index (χ4n) is 1.80. The summed E-state index contributed by atoms with van der Waals surface area (Å²) in [5, 5.41) is 2.48. The highest BCUT2D eigenvalue weighted by atomic mass is 19.1. The maximum absolute atomic E-state index is 13.0. The predicted molar refractivity (Wildman–Crippen MR) is 79.7 cm³/mol. The van der Waals surface area contributed by atoms with Crippen molar-refractivity contribution in [3.8, 4) is 0 Å². The Morgan fingerprint density at radius 3 is 2.55 bits per heavy atom. The number of amides is 1. The average molecular weight is 301 g/mol. The molecule has 0 saturated carbocycles. The molecule has 114 valence electrons. The van der Waals surface area contributed by atoms with Gasteiger partial charge in [0.25, 0.3) is 5.91 Å². The zero-order chi connectivity index (χ0) is 15.9. The SMILES string of the molecule is Cc1ccc(C(=O)NCC(=O)OCc2cccc(F)c2)cc1.